The summed E-state index contributed by atoms with van der Waals surface area (Å²) in [6.07, 6.45) is 0. The fourth-order valence-electron chi connectivity index (χ4n) is 2.83. The predicted octanol–water partition coefficient (Wildman–Crippen LogP) is 1.90. The first-order valence-electron chi connectivity index (χ1n) is 7.60. The van der Waals surface area contributed by atoms with Crippen molar-refractivity contribution in [2.45, 2.75) is 4.90 Å². The zero-order chi connectivity index (χ0) is 17.4. The van der Waals surface area contributed by atoms with Crippen LogP contribution in [0.5, 0.6) is 0 Å². The van der Waals surface area contributed by atoms with Gasteiger partial charge in [-0.15, -0.1) is 0 Å². The van der Waals surface area contributed by atoms with E-state index in [1.54, 1.807) is 34.5 Å². The molecule has 7 nitrogen and oxygen atoms in total. The van der Waals surface area contributed by atoms with Crippen molar-refractivity contribution in [3.8, 4) is 0 Å². The summed E-state index contributed by atoms with van der Waals surface area (Å²) in [6, 6.07) is 6.76. The minimum absolute atomic E-state index is 0.0518. The zero-order valence-corrected chi connectivity index (χ0v) is 15.5. The molecule has 0 unspecified atom stereocenters. The minimum Gasteiger partial charge on any atom is -0.336 e. The van der Waals surface area contributed by atoms with Crippen molar-refractivity contribution in [1.82, 2.24) is 18.0 Å². The second-order valence-corrected chi connectivity index (χ2v) is 8.81. The quantitative estimate of drug-likeness (QED) is 0.677. The Labute approximate surface area is 152 Å². The van der Waals surface area contributed by atoms with Gasteiger partial charge in [0.05, 0.1) is 17.3 Å². The summed E-state index contributed by atoms with van der Waals surface area (Å²) in [5.74, 6) is -0.0518. The molecule has 0 N–H and O–H groups in total. The van der Waals surface area contributed by atoms with E-state index in [4.69, 9.17) is 0 Å². The first-order chi connectivity index (χ1) is 12.1. The SMILES string of the molecule is O=C(c1ccsc1)N1CCN(S(=O)(=O)c2cccc3nsnc23)CC1. The molecule has 4 rings (SSSR count). The summed E-state index contributed by atoms with van der Waals surface area (Å²) in [5.41, 5.74) is 1.64. The molecule has 3 aromatic rings. The molecule has 1 saturated heterocycles. The largest absolute Gasteiger partial charge is 0.336 e. The van der Waals surface area contributed by atoms with Crippen LogP contribution < -0.4 is 0 Å². The molecule has 1 aliphatic rings. The van der Waals surface area contributed by atoms with Crippen molar-refractivity contribution < 1.29 is 13.2 Å². The summed E-state index contributed by atoms with van der Waals surface area (Å²) >= 11 is 2.47. The van der Waals surface area contributed by atoms with Crippen molar-refractivity contribution in [2.75, 3.05) is 26.2 Å². The normalized spacial score (nSPS) is 16.4. The van der Waals surface area contributed by atoms with Gasteiger partial charge in [-0.3, -0.25) is 4.79 Å². The Morgan fingerprint density at radius 3 is 2.60 bits per heavy atom. The lowest BCUT2D eigenvalue weighted by Gasteiger charge is -2.33. The Balaban J connectivity index is 1.54. The summed E-state index contributed by atoms with van der Waals surface area (Å²) in [5, 5.41) is 3.66. The molecular weight excluding hydrogens is 380 g/mol. The molecule has 25 heavy (non-hydrogen) atoms. The van der Waals surface area contributed by atoms with Crippen LogP contribution in [0.4, 0.5) is 0 Å². The molecular formula is C15H14N4O3S3. The number of hydrogen-bond donors (Lipinski definition) is 0. The topological polar surface area (TPSA) is 83.5 Å². The number of sulfonamides is 1. The van der Waals surface area contributed by atoms with Gasteiger partial charge in [-0.25, -0.2) is 8.42 Å². The monoisotopic (exact) mass is 394 g/mol. The second kappa shape index (κ2) is 6.45. The van der Waals surface area contributed by atoms with E-state index in [-0.39, 0.29) is 23.9 Å². The maximum atomic E-state index is 13.0. The number of nitrogens with zero attached hydrogens (tertiary/aromatic N) is 4. The molecule has 1 aliphatic heterocycles. The Morgan fingerprint density at radius 2 is 1.88 bits per heavy atom. The highest BCUT2D eigenvalue weighted by Crippen LogP contribution is 2.25. The highest BCUT2D eigenvalue weighted by atomic mass is 32.2. The van der Waals surface area contributed by atoms with Crippen molar-refractivity contribution >= 4 is 50.0 Å². The van der Waals surface area contributed by atoms with Gasteiger partial charge in [0, 0.05) is 31.6 Å². The van der Waals surface area contributed by atoms with E-state index in [9.17, 15) is 13.2 Å². The van der Waals surface area contributed by atoms with Crippen LogP contribution in [0.15, 0.2) is 39.9 Å². The molecule has 1 aromatic carbocycles. The number of rotatable bonds is 3. The van der Waals surface area contributed by atoms with Crippen molar-refractivity contribution in [1.29, 1.82) is 0 Å². The molecule has 0 saturated carbocycles. The average molecular weight is 395 g/mol. The van der Waals surface area contributed by atoms with E-state index in [1.165, 1.54) is 15.6 Å². The molecule has 1 amide bonds. The third kappa shape index (κ3) is 2.95. The number of amides is 1. The molecule has 0 aliphatic carbocycles. The van der Waals surface area contributed by atoms with Crippen LogP contribution in [-0.2, 0) is 10.0 Å². The third-order valence-corrected chi connectivity index (χ3v) is 7.32. The fraction of sp³-hybridized carbons (Fsp3) is 0.267. The van der Waals surface area contributed by atoms with Gasteiger partial charge < -0.3 is 4.90 Å². The van der Waals surface area contributed by atoms with Gasteiger partial charge in [-0.05, 0) is 23.6 Å². The van der Waals surface area contributed by atoms with E-state index in [2.05, 4.69) is 8.75 Å². The molecule has 10 heteroatoms. The van der Waals surface area contributed by atoms with Gasteiger partial charge in [0.15, 0.2) is 0 Å². The van der Waals surface area contributed by atoms with Gasteiger partial charge in [-0.2, -0.15) is 24.4 Å². The van der Waals surface area contributed by atoms with Gasteiger partial charge in [0.25, 0.3) is 5.91 Å². The van der Waals surface area contributed by atoms with Crippen molar-refractivity contribution in [3.05, 3.63) is 40.6 Å². The van der Waals surface area contributed by atoms with E-state index in [1.807, 2.05) is 5.38 Å². The number of aromatic nitrogens is 2. The van der Waals surface area contributed by atoms with Crippen LogP contribution in [0.1, 0.15) is 10.4 Å². The average Bonchev–Trinajstić information content (AvgIpc) is 3.32. The van der Waals surface area contributed by atoms with Gasteiger partial charge >= 0.3 is 0 Å². The minimum atomic E-state index is -3.66. The summed E-state index contributed by atoms with van der Waals surface area (Å²) < 4.78 is 35.6. The van der Waals surface area contributed by atoms with Crippen molar-refractivity contribution in [2.24, 2.45) is 0 Å². The third-order valence-electron chi connectivity index (χ3n) is 4.16. The molecule has 0 spiro atoms. The maximum Gasteiger partial charge on any atom is 0.254 e. The summed E-state index contributed by atoms with van der Waals surface area (Å²) in [6.45, 7) is 1.29. The van der Waals surface area contributed by atoms with Crippen LogP contribution >= 0.6 is 23.1 Å². The van der Waals surface area contributed by atoms with E-state index < -0.39 is 10.0 Å². The van der Waals surface area contributed by atoms with Gasteiger partial charge in [0.1, 0.15) is 15.9 Å². The standard InChI is InChI=1S/C15H14N4O3S3/c20-15(11-4-9-23-10-11)18-5-7-19(8-6-18)25(21,22)13-3-1-2-12-14(13)17-24-16-12/h1-4,9-10H,5-8H2. The predicted molar refractivity (Wildman–Crippen MR) is 96.4 cm³/mol. The Kier molecular flexibility index (Phi) is 4.28. The number of fused-ring (bicyclic) bond motifs is 1. The number of piperazine rings is 1. The first-order valence-corrected chi connectivity index (χ1v) is 10.7. The molecule has 0 atom stereocenters. The van der Waals surface area contributed by atoms with Crippen LogP contribution in [0.3, 0.4) is 0 Å². The van der Waals surface area contributed by atoms with Crippen LogP contribution in [-0.4, -0.2) is 58.5 Å². The molecule has 1 fully saturated rings. The van der Waals surface area contributed by atoms with Gasteiger partial charge in [-0.1, -0.05) is 6.07 Å². The Hall–Kier alpha value is -1.88. The van der Waals surface area contributed by atoms with Crippen LogP contribution in [0, 0.1) is 0 Å². The number of carbonyl (C=O) groups excluding carboxylic acids is 1. The number of benzene rings is 1. The molecule has 3 heterocycles. The highest BCUT2D eigenvalue weighted by Gasteiger charge is 2.32. The lowest BCUT2D eigenvalue weighted by atomic mass is 10.2. The van der Waals surface area contributed by atoms with E-state index in [0.717, 1.165) is 11.7 Å². The zero-order valence-electron chi connectivity index (χ0n) is 13.0. The first kappa shape index (κ1) is 16.6. The van der Waals surface area contributed by atoms with Crippen LogP contribution in [0.2, 0.25) is 0 Å². The molecule has 130 valence electrons. The van der Waals surface area contributed by atoms with E-state index in [0.29, 0.717) is 29.7 Å². The Morgan fingerprint density at radius 1 is 1.08 bits per heavy atom. The maximum absolute atomic E-state index is 13.0. The van der Waals surface area contributed by atoms with Crippen molar-refractivity contribution in [3.63, 3.8) is 0 Å². The smallest absolute Gasteiger partial charge is 0.254 e. The molecule has 2 aromatic heterocycles. The van der Waals surface area contributed by atoms with Crippen LogP contribution in [0.25, 0.3) is 11.0 Å². The second-order valence-electron chi connectivity index (χ2n) is 5.60. The number of carbonyl (C=O) groups is 1. The van der Waals surface area contributed by atoms with Gasteiger partial charge in [0.2, 0.25) is 10.0 Å². The summed E-state index contributed by atoms with van der Waals surface area (Å²) in [4.78, 5) is 14.2. The Bertz CT molecular complexity index is 1010. The lowest BCUT2D eigenvalue weighted by molar-refractivity contribution is 0.0698. The lowest BCUT2D eigenvalue weighted by Crippen LogP contribution is -2.50. The fourth-order valence-corrected chi connectivity index (χ4v) is 5.63. The summed E-state index contributed by atoms with van der Waals surface area (Å²) in [7, 11) is -3.66. The number of hydrogen-bond acceptors (Lipinski definition) is 7. The molecule has 0 bridgehead atoms. The highest BCUT2D eigenvalue weighted by molar-refractivity contribution is 7.89. The van der Waals surface area contributed by atoms with E-state index >= 15 is 0 Å². The molecule has 0 radical (unpaired) electrons. The number of thiophene rings is 1.